The maximum Gasteiger partial charge on any atom is 0.253 e. The minimum absolute atomic E-state index is 0.0885. The quantitative estimate of drug-likeness (QED) is 0.582. The smallest absolute Gasteiger partial charge is 0.253 e. The Labute approximate surface area is 191 Å². The van der Waals surface area contributed by atoms with Crippen molar-refractivity contribution in [3.05, 3.63) is 66.0 Å². The van der Waals surface area contributed by atoms with Gasteiger partial charge in [0.15, 0.2) is 5.16 Å². The Bertz CT molecular complexity index is 1090. The summed E-state index contributed by atoms with van der Waals surface area (Å²) in [6, 6.07) is 15.6. The first-order valence-electron chi connectivity index (χ1n) is 10.5. The van der Waals surface area contributed by atoms with Crippen molar-refractivity contribution in [2.24, 2.45) is 7.05 Å². The number of carbonyl (C=O) groups is 2. The summed E-state index contributed by atoms with van der Waals surface area (Å²) in [4.78, 5) is 29.1. The van der Waals surface area contributed by atoms with Crippen LogP contribution in [0.2, 0.25) is 0 Å². The van der Waals surface area contributed by atoms with Crippen molar-refractivity contribution >= 4 is 35.0 Å². The molecule has 8 nitrogen and oxygen atoms in total. The van der Waals surface area contributed by atoms with Crippen LogP contribution in [-0.2, 0) is 11.8 Å². The Morgan fingerprint density at radius 1 is 1.06 bits per heavy atom. The van der Waals surface area contributed by atoms with Gasteiger partial charge >= 0.3 is 0 Å². The number of hydrogen-bond donors (Lipinski definition) is 1. The summed E-state index contributed by atoms with van der Waals surface area (Å²) in [5.41, 5.74) is 3.68. The number of aryl methyl sites for hydroxylation is 2. The lowest BCUT2D eigenvalue weighted by Crippen LogP contribution is -2.48. The van der Waals surface area contributed by atoms with Gasteiger partial charge < -0.3 is 19.7 Å². The minimum atomic E-state index is -0.0889. The molecule has 0 radical (unpaired) electrons. The number of nitrogens with one attached hydrogen (secondary N) is 1. The molecule has 1 fully saturated rings. The van der Waals surface area contributed by atoms with Crippen LogP contribution in [-0.4, -0.2) is 63.4 Å². The van der Waals surface area contributed by atoms with Crippen molar-refractivity contribution < 1.29 is 9.59 Å². The van der Waals surface area contributed by atoms with Crippen LogP contribution >= 0.6 is 11.8 Å². The molecule has 2 heterocycles. The Hall–Kier alpha value is -3.33. The van der Waals surface area contributed by atoms with Gasteiger partial charge in [0.05, 0.1) is 5.75 Å². The van der Waals surface area contributed by atoms with E-state index >= 15 is 0 Å². The zero-order chi connectivity index (χ0) is 22.5. The lowest BCUT2D eigenvalue weighted by atomic mass is 10.1. The fraction of sp³-hybridized carbons (Fsp3) is 0.304. The molecule has 0 spiro atoms. The maximum atomic E-state index is 12.7. The van der Waals surface area contributed by atoms with Gasteiger partial charge in [0.25, 0.3) is 5.91 Å². The molecule has 2 amide bonds. The van der Waals surface area contributed by atoms with Gasteiger partial charge in [0, 0.05) is 50.2 Å². The van der Waals surface area contributed by atoms with Crippen LogP contribution in [0.15, 0.2) is 60.0 Å². The van der Waals surface area contributed by atoms with Crippen LogP contribution in [0, 0.1) is 6.92 Å². The molecule has 0 saturated carbocycles. The standard InChI is InChI=1S/C23H26N6O2S/c1-17-4-3-5-18(14-17)22(31)29-12-10-28(11-13-29)20-8-6-19(7-9-20)25-21(30)15-32-23-26-24-16-27(23)2/h3-9,14,16H,10-13,15H2,1-2H3,(H,25,30). The molecule has 166 valence electrons. The van der Waals surface area contributed by atoms with Crippen LogP contribution in [0.3, 0.4) is 0 Å². The number of amides is 2. The molecule has 0 unspecified atom stereocenters. The van der Waals surface area contributed by atoms with Crippen molar-refractivity contribution in [3.63, 3.8) is 0 Å². The van der Waals surface area contributed by atoms with Gasteiger partial charge in [-0.3, -0.25) is 9.59 Å². The summed E-state index contributed by atoms with van der Waals surface area (Å²) in [6.45, 7) is 4.92. The number of carbonyl (C=O) groups excluding carboxylic acids is 2. The average molecular weight is 451 g/mol. The largest absolute Gasteiger partial charge is 0.368 e. The van der Waals surface area contributed by atoms with Gasteiger partial charge in [-0.15, -0.1) is 10.2 Å². The molecule has 1 aliphatic rings. The van der Waals surface area contributed by atoms with E-state index in [9.17, 15) is 9.59 Å². The molecule has 0 atom stereocenters. The SMILES string of the molecule is Cc1cccc(C(=O)N2CCN(c3ccc(NC(=O)CSc4nncn4C)cc3)CC2)c1. The third kappa shape index (κ3) is 5.28. The molecule has 1 aliphatic heterocycles. The summed E-state index contributed by atoms with van der Waals surface area (Å²) >= 11 is 1.35. The Kier molecular flexibility index (Phi) is 6.75. The van der Waals surface area contributed by atoms with E-state index in [1.807, 2.05) is 67.4 Å². The van der Waals surface area contributed by atoms with Crippen LogP contribution in [0.4, 0.5) is 11.4 Å². The first kappa shape index (κ1) is 21.9. The van der Waals surface area contributed by atoms with Gasteiger partial charge in [-0.1, -0.05) is 29.5 Å². The molecular formula is C23H26N6O2S. The summed E-state index contributed by atoms with van der Waals surface area (Å²) in [5, 5.41) is 11.4. The van der Waals surface area contributed by atoms with Crippen molar-refractivity contribution in [3.8, 4) is 0 Å². The van der Waals surface area contributed by atoms with Crippen molar-refractivity contribution in [2.75, 3.05) is 42.1 Å². The normalized spacial score (nSPS) is 13.8. The van der Waals surface area contributed by atoms with Crippen molar-refractivity contribution in [2.45, 2.75) is 12.1 Å². The lowest BCUT2D eigenvalue weighted by molar-refractivity contribution is -0.113. The lowest BCUT2D eigenvalue weighted by Gasteiger charge is -2.36. The summed E-state index contributed by atoms with van der Waals surface area (Å²) in [5.74, 6) is 0.269. The molecule has 0 bridgehead atoms. The number of thioether (sulfide) groups is 1. The fourth-order valence-electron chi connectivity index (χ4n) is 3.61. The number of nitrogens with zero attached hydrogens (tertiary/aromatic N) is 5. The van der Waals surface area contributed by atoms with E-state index in [-0.39, 0.29) is 17.6 Å². The number of rotatable bonds is 6. The molecule has 9 heteroatoms. The minimum Gasteiger partial charge on any atom is -0.368 e. The predicted octanol–water partition coefficient (Wildman–Crippen LogP) is 2.82. The number of piperazine rings is 1. The van der Waals surface area contributed by atoms with Gasteiger partial charge in [0.2, 0.25) is 5.91 Å². The van der Waals surface area contributed by atoms with E-state index in [0.29, 0.717) is 18.2 Å². The highest BCUT2D eigenvalue weighted by molar-refractivity contribution is 7.99. The summed E-state index contributed by atoms with van der Waals surface area (Å²) in [7, 11) is 1.84. The predicted molar refractivity (Wildman–Crippen MR) is 126 cm³/mol. The molecule has 2 aromatic carbocycles. The number of anilines is 2. The van der Waals surface area contributed by atoms with E-state index in [1.165, 1.54) is 11.8 Å². The number of benzene rings is 2. The second-order valence-corrected chi connectivity index (χ2v) is 8.70. The Balaban J connectivity index is 1.27. The highest BCUT2D eigenvalue weighted by Crippen LogP contribution is 2.21. The molecule has 4 rings (SSSR count). The van der Waals surface area contributed by atoms with Gasteiger partial charge in [-0.25, -0.2) is 0 Å². The Morgan fingerprint density at radius 3 is 2.47 bits per heavy atom. The van der Waals surface area contributed by atoms with Crippen LogP contribution in [0.5, 0.6) is 0 Å². The van der Waals surface area contributed by atoms with E-state index < -0.39 is 0 Å². The van der Waals surface area contributed by atoms with Gasteiger partial charge in [0.1, 0.15) is 6.33 Å². The van der Waals surface area contributed by atoms with E-state index in [1.54, 1.807) is 10.9 Å². The molecule has 1 aromatic heterocycles. The van der Waals surface area contributed by atoms with Crippen LogP contribution < -0.4 is 10.2 Å². The monoisotopic (exact) mass is 450 g/mol. The second-order valence-electron chi connectivity index (χ2n) is 7.76. The zero-order valence-electron chi connectivity index (χ0n) is 18.2. The molecule has 1 saturated heterocycles. The summed E-state index contributed by atoms with van der Waals surface area (Å²) in [6.07, 6.45) is 1.61. The first-order chi connectivity index (χ1) is 15.5. The molecule has 32 heavy (non-hydrogen) atoms. The third-order valence-electron chi connectivity index (χ3n) is 5.35. The second kappa shape index (κ2) is 9.86. The highest BCUT2D eigenvalue weighted by Gasteiger charge is 2.22. The van der Waals surface area contributed by atoms with Gasteiger partial charge in [-0.05, 0) is 43.3 Å². The van der Waals surface area contributed by atoms with Gasteiger partial charge in [-0.2, -0.15) is 0 Å². The Morgan fingerprint density at radius 2 is 1.81 bits per heavy atom. The molecular weight excluding hydrogens is 424 g/mol. The molecule has 3 aromatic rings. The molecule has 0 aliphatic carbocycles. The van der Waals surface area contributed by atoms with Crippen molar-refractivity contribution in [1.29, 1.82) is 0 Å². The zero-order valence-corrected chi connectivity index (χ0v) is 19.0. The van der Waals surface area contributed by atoms with Crippen LogP contribution in [0.25, 0.3) is 0 Å². The topological polar surface area (TPSA) is 83.4 Å². The maximum absolute atomic E-state index is 12.7. The van der Waals surface area contributed by atoms with Crippen LogP contribution in [0.1, 0.15) is 15.9 Å². The van der Waals surface area contributed by atoms with E-state index in [4.69, 9.17) is 0 Å². The number of aromatic nitrogens is 3. The number of hydrogen-bond acceptors (Lipinski definition) is 6. The van der Waals surface area contributed by atoms with E-state index in [0.717, 1.165) is 35.6 Å². The highest BCUT2D eigenvalue weighted by atomic mass is 32.2. The third-order valence-corrected chi connectivity index (χ3v) is 6.38. The van der Waals surface area contributed by atoms with Crippen molar-refractivity contribution in [1.82, 2.24) is 19.7 Å². The molecule has 1 N–H and O–H groups in total. The van der Waals surface area contributed by atoms with E-state index in [2.05, 4.69) is 20.4 Å². The average Bonchev–Trinajstić information content (AvgIpc) is 3.22. The summed E-state index contributed by atoms with van der Waals surface area (Å²) < 4.78 is 1.78. The first-order valence-corrected chi connectivity index (χ1v) is 11.5. The fourth-order valence-corrected chi connectivity index (χ4v) is 4.30.